The predicted octanol–water partition coefficient (Wildman–Crippen LogP) is 2.51. The molecule has 1 fully saturated rings. The molecule has 1 aliphatic heterocycles. The van der Waals surface area contributed by atoms with Crippen molar-refractivity contribution in [2.75, 3.05) is 29.0 Å². The van der Waals surface area contributed by atoms with E-state index in [-0.39, 0.29) is 5.54 Å². The minimum Gasteiger partial charge on any atom is -0.393 e. The smallest absolute Gasteiger partial charge is 0.157 e. The maximum absolute atomic E-state index is 6.24. The van der Waals surface area contributed by atoms with Gasteiger partial charge in [0.25, 0.3) is 0 Å². The Bertz CT molecular complexity index is 438. The van der Waals surface area contributed by atoms with Crippen molar-refractivity contribution in [2.24, 2.45) is 5.92 Å². The zero-order valence-electron chi connectivity index (χ0n) is 12.4. The predicted molar refractivity (Wildman–Crippen MR) is 80.4 cm³/mol. The van der Waals surface area contributed by atoms with Crippen LogP contribution in [0, 0.1) is 5.92 Å². The van der Waals surface area contributed by atoms with Crippen molar-refractivity contribution < 1.29 is 0 Å². The van der Waals surface area contributed by atoms with Crippen LogP contribution in [0.15, 0.2) is 6.33 Å². The van der Waals surface area contributed by atoms with Crippen LogP contribution in [-0.4, -0.2) is 28.6 Å². The molecule has 19 heavy (non-hydrogen) atoms. The molecule has 106 valence electrons. The van der Waals surface area contributed by atoms with E-state index in [1.165, 1.54) is 12.8 Å². The maximum Gasteiger partial charge on any atom is 0.157 e. The summed E-state index contributed by atoms with van der Waals surface area (Å²) in [6.45, 7) is 10.6. The SMILES string of the molecule is CC1CCCN(c2ncnc(NC(C)(C)C)c2N)C1. The Morgan fingerprint density at radius 1 is 1.37 bits per heavy atom. The molecule has 0 spiro atoms. The number of hydrogen-bond acceptors (Lipinski definition) is 5. The molecule has 5 nitrogen and oxygen atoms in total. The molecular weight excluding hydrogens is 238 g/mol. The fourth-order valence-corrected chi connectivity index (χ4v) is 2.47. The summed E-state index contributed by atoms with van der Waals surface area (Å²) in [6.07, 6.45) is 4.08. The van der Waals surface area contributed by atoms with E-state index >= 15 is 0 Å². The van der Waals surface area contributed by atoms with Crippen molar-refractivity contribution in [3.63, 3.8) is 0 Å². The summed E-state index contributed by atoms with van der Waals surface area (Å²) in [5.74, 6) is 2.30. The summed E-state index contributed by atoms with van der Waals surface area (Å²) in [4.78, 5) is 10.9. The summed E-state index contributed by atoms with van der Waals surface area (Å²) in [5.41, 5.74) is 6.84. The minimum absolute atomic E-state index is 0.0606. The molecule has 0 saturated carbocycles. The van der Waals surface area contributed by atoms with Gasteiger partial charge in [-0.3, -0.25) is 0 Å². The molecule has 2 heterocycles. The lowest BCUT2D eigenvalue weighted by atomic mass is 10.0. The van der Waals surface area contributed by atoms with Gasteiger partial charge < -0.3 is 16.0 Å². The molecule has 0 radical (unpaired) electrons. The standard InChI is InChI=1S/C14H25N5/c1-10-6-5-7-19(8-10)13-11(15)12(16-9-17-13)18-14(2,3)4/h9-10H,5-8,15H2,1-4H3,(H,16,17,18). The molecule has 0 aliphatic carbocycles. The lowest BCUT2D eigenvalue weighted by Gasteiger charge is -2.33. The molecule has 5 heteroatoms. The number of piperidine rings is 1. The first-order valence-electron chi connectivity index (χ1n) is 7.00. The topological polar surface area (TPSA) is 67.1 Å². The van der Waals surface area contributed by atoms with Crippen LogP contribution in [-0.2, 0) is 0 Å². The molecule has 1 atom stereocenters. The molecule has 1 aliphatic rings. The van der Waals surface area contributed by atoms with Crippen molar-refractivity contribution in [3.05, 3.63) is 6.33 Å². The average Bonchev–Trinajstić information content (AvgIpc) is 2.30. The van der Waals surface area contributed by atoms with E-state index in [0.717, 1.165) is 24.7 Å². The quantitative estimate of drug-likeness (QED) is 0.858. The van der Waals surface area contributed by atoms with Crippen LogP contribution in [0.2, 0.25) is 0 Å². The highest BCUT2D eigenvalue weighted by atomic mass is 15.2. The number of aromatic nitrogens is 2. The first-order chi connectivity index (χ1) is 8.87. The highest BCUT2D eigenvalue weighted by molar-refractivity contribution is 5.75. The van der Waals surface area contributed by atoms with E-state index < -0.39 is 0 Å². The van der Waals surface area contributed by atoms with Gasteiger partial charge in [0.2, 0.25) is 0 Å². The first-order valence-corrected chi connectivity index (χ1v) is 7.00. The largest absolute Gasteiger partial charge is 0.393 e. The molecule has 2 rings (SSSR count). The number of nitrogens with zero attached hydrogens (tertiary/aromatic N) is 3. The summed E-state index contributed by atoms with van der Waals surface area (Å²) in [6, 6.07) is 0. The average molecular weight is 263 g/mol. The van der Waals surface area contributed by atoms with Gasteiger partial charge >= 0.3 is 0 Å². The minimum atomic E-state index is -0.0606. The van der Waals surface area contributed by atoms with Crippen molar-refractivity contribution >= 4 is 17.3 Å². The van der Waals surface area contributed by atoms with E-state index in [9.17, 15) is 0 Å². The lowest BCUT2D eigenvalue weighted by Crippen LogP contribution is -2.36. The summed E-state index contributed by atoms with van der Waals surface area (Å²) >= 11 is 0. The summed E-state index contributed by atoms with van der Waals surface area (Å²) in [7, 11) is 0. The van der Waals surface area contributed by atoms with Crippen LogP contribution >= 0.6 is 0 Å². The Balaban J connectivity index is 2.24. The second-order valence-electron chi connectivity index (χ2n) is 6.53. The fourth-order valence-electron chi connectivity index (χ4n) is 2.47. The lowest BCUT2D eigenvalue weighted by molar-refractivity contribution is 0.445. The highest BCUT2D eigenvalue weighted by Gasteiger charge is 2.22. The molecule has 1 saturated heterocycles. The molecule has 0 aromatic carbocycles. The third kappa shape index (κ3) is 3.49. The Labute approximate surface area is 115 Å². The van der Waals surface area contributed by atoms with E-state index in [0.29, 0.717) is 11.6 Å². The Morgan fingerprint density at radius 3 is 2.74 bits per heavy atom. The van der Waals surface area contributed by atoms with Crippen molar-refractivity contribution in [2.45, 2.75) is 46.1 Å². The van der Waals surface area contributed by atoms with Gasteiger partial charge in [-0.05, 0) is 39.5 Å². The Morgan fingerprint density at radius 2 is 2.11 bits per heavy atom. The van der Waals surface area contributed by atoms with Crippen molar-refractivity contribution in [3.8, 4) is 0 Å². The van der Waals surface area contributed by atoms with Gasteiger partial charge in [0.1, 0.15) is 12.0 Å². The van der Waals surface area contributed by atoms with Gasteiger partial charge in [-0.1, -0.05) is 6.92 Å². The van der Waals surface area contributed by atoms with E-state index in [4.69, 9.17) is 5.73 Å². The van der Waals surface area contributed by atoms with Crippen LogP contribution in [0.5, 0.6) is 0 Å². The van der Waals surface area contributed by atoms with Gasteiger partial charge in [-0.15, -0.1) is 0 Å². The molecular formula is C14H25N5. The van der Waals surface area contributed by atoms with Crippen LogP contribution in [0.3, 0.4) is 0 Å². The van der Waals surface area contributed by atoms with Crippen molar-refractivity contribution in [1.82, 2.24) is 9.97 Å². The number of nitrogens with two attached hydrogens (primary N) is 1. The normalized spacial score (nSPS) is 20.4. The fraction of sp³-hybridized carbons (Fsp3) is 0.714. The zero-order valence-corrected chi connectivity index (χ0v) is 12.4. The Hall–Kier alpha value is -1.52. The van der Waals surface area contributed by atoms with Crippen LogP contribution < -0.4 is 16.0 Å². The van der Waals surface area contributed by atoms with Crippen LogP contribution in [0.4, 0.5) is 17.3 Å². The summed E-state index contributed by atoms with van der Waals surface area (Å²) in [5, 5.41) is 3.34. The van der Waals surface area contributed by atoms with Gasteiger partial charge in [-0.2, -0.15) is 0 Å². The van der Waals surface area contributed by atoms with Crippen LogP contribution in [0.25, 0.3) is 0 Å². The Kier molecular flexibility index (Phi) is 3.83. The molecule has 1 aromatic rings. The van der Waals surface area contributed by atoms with Gasteiger partial charge in [0, 0.05) is 18.6 Å². The number of anilines is 3. The van der Waals surface area contributed by atoms with Gasteiger partial charge in [0.15, 0.2) is 11.6 Å². The van der Waals surface area contributed by atoms with Crippen molar-refractivity contribution in [1.29, 1.82) is 0 Å². The number of hydrogen-bond donors (Lipinski definition) is 2. The number of nitrogens with one attached hydrogen (secondary N) is 1. The summed E-state index contributed by atoms with van der Waals surface area (Å²) < 4.78 is 0. The van der Waals surface area contributed by atoms with E-state index in [1.807, 2.05) is 0 Å². The molecule has 1 aromatic heterocycles. The van der Waals surface area contributed by atoms with Gasteiger partial charge in [0.05, 0.1) is 0 Å². The number of nitrogen functional groups attached to an aromatic ring is 1. The van der Waals surface area contributed by atoms with E-state index in [1.54, 1.807) is 6.33 Å². The maximum atomic E-state index is 6.24. The molecule has 0 bridgehead atoms. The number of rotatable bonds is 2. The van der Waals surface area contributed by atoms with Crippen LogP contribution in [0.1, 0.15) is 40.5 Å². The molecule has 0 amide bonds. The second-order valence-corrected chi connectivity index (χ2v) is 6.53. The zero-order chi connectivity index (χ0) is 14.0. The molecule has 1 unspecified atom stereocenters. The van der Waals surface area contributed by atoms with Gasteiger partial charge in [-0.25, -0.2) is 9.97 Å². The third-order valence-electron chi connectivity index (χ3n) is 3.31. The second kappa shape index (κ2) is 5.23. The third-order valence-corrected chi connectivity index (χ3v) is 3.31. The monoisotopic (exact) mass is 263 g/mol. The molecule has 3 N–H and O–H groups in total. The van der Waals surface area contributed by atoms with E-state index in [2.05, 4.69) is 47.9 Å². The highest BCUT2D eigenvalue weighted by Crippen LogP contribution is 2.30. The first kappa shape index (κ1) is 13.9.